The van der Waals surface area contributed by atoms with Crippen LogP contribution in [0.2, 0.25) is 0 Å². The molecule has 2 saturated carbocycles. The number of hydrogen-bond donors (Lipinski definition) is 2. The predicted octanol–water partition coefficient (Wildman–Crippen LogP) is 1.30. The summed E-state index contributed by atoms with van der Waals surface area (Å²) in [5.41, 5.74) is -0.0142. The normalized spacial score (nSPS) is 29.3. The van der Waals surface area contributed by atoms with Crippen LogP contribution in [0.15, 0.2) is 0 Å². The van der Waals surface area contributed by atoms with Crippen molar-refractivity contribution in [2.75, 3.05) is 39.3 Å². The van der Waals surface area contributed by atoms with Gasteiger partial charge >= 0.3 is 0 Å². The van der Waals surface area contributed by atoms with E-state index < -0.39 is 0 Å². The fourth-order valence-corrected chi connectivity index (χ4v) is 3.81. The van der Waals surface area contributed by atoms with Crippen molar-refractivity contribution in [2.45, 2.75) is 63.6 Å². The highest BCUT2D eigenvalue weighted by Gasteiger charge is 2.48. The minimum absolute atomic E-state index is 0.0142. The second-order valence-electron chi connectivity index (χ2n) is 7.58. The first-order chi connectivity index (χ1) is 10.2. The van der Waals surface area contributed by atoms with Gasteiger partial charge in [0, 0.05) is 44.8 Å². The van der Waals surface area contributed by atoms with Crippen LogP contribution in [0.25, 0.3) is 0 Å². The van der Waals surface area contributed by atoms with E-state index >= 15 is 0 Å². The Bertz CT molecular complexity index is 335. The average Bonchev–Trinajstić information content (AvgIpc) is 3.39. The molecule has 1 heterocycles. The molecule has 0 aromatic carbocycles. The van der Waals surface area contributed by atoms with E-state index in [1.165, 1.54) is 45.2 Å². The molecular weight excluding hydrogens is 262 g/mol. The number of aliphatic hydroxyl groups is 1. The first-order valence-corrected chi connectivity index (χ1v) is 9.02. The van der Waals surface area contributed by atoms with Crippen LogP contribution in [-0.2, 0) is 0 Å². The molecule has 0 spiro atoms. The number of hydrogen-bond acceptors (Lipinski definition) is 4. The van der Waals surface area contributed by atoms with Crippen LogP contribution in [-0.4, -0.2) is 71.9 Å². The van der Waals surface area contributed by atoms with Crippen molar-refractivity contribution in [3.05, 3.63) is 0 Å². The maximum atomic E-state index is 10.1. The molecule has 3 aliphatic rings. The van der Waals surface area contributed by atoms with Crippen LogP contribution in [0.5, 0.6) is 0 Å². The van der Waals surface area contributed by atoms with Gasteiger partial charge < -0.3 is 10.4 Å². The van der Waals surface area contributed by atoms with Crippen LogP contribution >= 0.6 is 0 Å². The lowest BCUT2D eigenvalue weighted by Gasteiger charge is -2.43. The van der Waals surface area contributed by atoms with Crippen molar-refractivity contribution in [2.24, 2.45) is 5.92 Å². The van der Waals surface area contributed by atoms with Crippen molar-refractivity contribution in [1.29, 1.82) is 0 Å². The van der Waals surface area contributed by atoms with E-state index in [-0.39, 0.29) is 5.54 Å². The summed E-state index contributed by atoms with van der Waals surface area (Å²) < 4.78 is 0. The molecule has 3 rings (SSSR count). The molecule has 0 bridgehead atoms. The maximum Gasteiger partial charge on any atom is 0.0628 e. The van der Waals surface area contributed by atoms with Crippen LogP contribution in [0.1, 0.15) is 46.0 Å². The van der Waals surface area contributed by atoms with Gasteiger partial charge in [-0.1, -0.05) is 6.92 Å². The fourth-order valence-electron chi connectivity index (χ4n) is 3.81. The van der Waals surface area contributed by atoms with E-state index in [1.54, 1.807) is 0 Å². The number of nitrogens with zero attached hydrogens (tertiary/aromatic N) is 2. The van der Waals surface area contributed by atoms with Gasteiger partial charge in [0.25, 0.3) is 0 Å². The molecule has 122 valence electrons. The molecule has 4 nitrogen and oxygen atoms in total. The minimum atomic E-state index is -0.0142. The van der Waals surface area contributed by atoms with Crippen LogP contribution in [0.3, 0.4) is 0 Å². The Hall–Kier alpha value is -0.160. The summed E-state index contributed by atoms with van der Waals surface area (Å²) in [4.78, 5) is 5.20. The largest absolute Gasteiger partial charge is 0.394 e. The summed E-state index contributed by atoms with van der Waals surface area (Å²) in [5, 5.41) is 13.9. The zero-order valence-electron chi connectivity index (χ0n) is 13.9. The van der Waals surface area contributed by atoms with Gasteiger partial charge in [0.05, 0.1) is 12.1 Å². The Balaban J connectivity index is 1.54. The summed E-state index contributed by atoms with van der Waals surface area (Å²) in [5.74, 6) is 0.704. The number of aliphatic hydroxyl groups excluding tert-OH is 1. The zero-order valence-corrected chi connectivity index (χ0v) is 13.9. The Kier molecular flexibility index (Phi) is 4.89. The van der Waals surface area contributed by atoms with E-state index in [2.05, 4.69) is 29.0 Å². The molecule has 2 unspecified atom stereocenters. The average molecular weight is 295 g/mol. The van der Waals surface area contributed by atoms with Crippen LogP contribution in [0, 0.1) is 5.92 Å². The molecule has 0 amide bonds. The van der Waals surface area contributed by atoms with Gasteiger partial charge in [0.15, 0.2) is 0 Å². The lowest BCUT2D eigenvalue weighted by atomic mass is 9.92. The smallest absolute Gasteiger partial charge is 0.0628 e. The van der Waals surface area contributed by atoms with Gasteiger partial charge in [-0.2, -0.15) is 0 Å². The van der Waals surface area contributed by atoms with Gasteiger partial charge in [0.2, 0.25) is 0 Å². The molecule has 2 N–H and O–H groups in total. The first-order valence-electron chi connectivity index (χ1n) is 9.02. The minimum Gasteiger partial charge on any atom is -0.394 e. The maximum absolute atomic E-state index is 10.1. The molecule has 0 radical (unpaired) electrons. The summed E-state index contributed by atoms with van der Waals surface area (Å²) in [6.07, 6.45) is 6.44. The topological polar surface area (TPSA) is 38.7 Å². The lowest BCUT2D eigenvalue weighted by Crippen LogP contribution is -2.61. The highest BCUT2D eigenvalue weighted by Crippen LogP contribution is 2.42. The van der Waals surface area contributed by atoms with Crippen molar-refractivity contribution >= 4 is 0 Å². The van der Waals surface area contributed by atoms with Crippen molar-refractivity contribution in [1.82, 2.24) is 15.1 Å². The van der Waals surface area contributed by atoms with Gasteiger partial charge in [0.1, 0.15) is 0 Å². The standard InChI is InChI=1S/C17H33N3O/c1-3-14(2)20-10-8-19(9-11-20)12-17(13-21,15-4-5-15)18-16-6-7-16/h14-16,18,21H,3-13H2,1-2H3. The zero-order chi connectivity index (χ0) is 14.9. The molecule has 2 atom stereocenters. The monoisotopic (exact) mass is 295 g/mol. The number of piperazine rings is 1. The Labute approximate surface area is 129 Å². The second-order valence-corrected chi connectivity index (χ2v) is 7.58. The van der Waals surface area contributed by atoms with E-state index in [0.29, 0.717) is 24.6 Å². The van der Waals surface area contributed by atoms with Gasteiger partial charge in [-0.15, -0.1) is 0 Å². The van der Waals surface area contributed by atoms with Crippen molar-refractivity contribution in [3.8, 4) is 0 Å². The summed E-state index contributed by atoms with van der Waals surface area (Å²) in [6, 6.07) is 1.39. The van der Waals surface area contributed by atoms with E-state index in [4.69, 9.17) is 0 Å². The molecule has 1 aliphatic heterocycles. The van der Waals surface area contributed by atoms with Crippen molar-refractivity contribution in [3.63, 3.8) is 0 Å². The Morgan fingerprint density at radius 3 is 2.29 bits per heavy atom. The van der Waals surface area contributed by atoms with Gasteiger partial charge in [-0.05, 0) is 44.9 Å². The van der Waals surface area contributed by atoms with E-state index in [9.17, 15) is 5.11 Å². The molecule has 1 saturated heterocycles. The second kappa shape index (κ2) is 6.53. The molecular formula is C17H33N3O. The molecule has 0 aromatic rings. The Morgan fingerprint density at radius 1 is 1.14 bits per heavy atom. The molecule has 4 heteroatoms. The molecule has 3 fully saturated rings. The number of nitrogens with one attached hydrogen (secondary N) is 1. The summed E-state index contributed by atoms with van der Waals surface area (Å²) in [6.45, 7) is 10.7. The quantitative estimate of drug-likeness (QED) is 0.708. The summed E-state index contributed by atoms with van der Waals surface area (Å²) in [7, 11) is 0. The Morgan fingerprint density at radius 2 is 1.81 bits per heavy atom. The third kappa shape index (κ3) is 3.79. The summed E-state index contributed by atoms with van der Waals surface area (Å²) >= 11 is 0. The number of rotatable bonds is 8. The molecule has 2 aliphatic carbocycles. The highest BCUT2D eigenvalue weighted by atomic mass is 16.3. The molecule has 21 heavy (non-hydrogen) atoms. The van der Waals surface area contributed by atoms with Gasteiger partial charge in [-0.3, -0.25) is 9.80 Å². The first kappa shape index (κ1) is 15.7. The van der Waals surface area contributed by atoms with Gasteiger partial charge in [-0.25, -0.2) is 0 Å². The highest BCUT2D eigenvalue weighted by molar-refractivity contribution is 5.06. The molecule has 0 aromatic heterocycles. The van der Waals surface area contributed by atoms with E-state index in [1.807, 2.05) is 0 Å². The SMILES string of the molecule is CCC(C)N1CCN(CC(CO)(NC2CC2)C2CC2)CC1. The lowest BCUT2D eigenvalue weighted by molar-refractivity contribution is 0.0478. The third-order valence-corrected chi connectivity index (χ3v) is 5.84. The predicted molar refractivity (Wildman–Crippen MR) is 86.5 cm³/mol. The van der Waals surface area contributed by atoms with E-state index in [0.717, 1.165) is 19.6 Å². The fraction of sp³-hybridized carbons (Fsp3) is 1.00. The van der Waals surface area contributed by atoms with Crippen molar-refractivity contribution < 1.29 is 5.11 Å². The van der Waals surface area contributed by atoms with Crippen LogP contribution < -0.4 is 5.32 Å². The third-order valence-electron chi connectivity index (χ3n) is 5.84. The van der Waals surface area contributed by atoms with Crippen LogP contribution in [0.4, 0.5) is 0 Å².